The lowest BCUT2D eigenvalue weighted by molar-refractivity contribution is -0.0773. The van der Waals surface area contributed by atoms with E-state index in [1.165, 1.54) is 6.20 Å². The standard InChI is InChI=1S/C20H24N6O3/c1-20(28)7-6-12(20)9-15(27)13-11-23-26-17(21-2)10-16(25-18(13)26)24-14-5-4-8-22-19(14)29-3/h4-5,8,10-12,21,28H,6-7,9H2,1-3H3,(H,24,25)/t12-,20-/m1/s1. The van der Waals surface area contributed by atoms with Gasteiger partial charge in [-0.15, -0.1) is 0 Å². The van der Waals surface area contributed by atoms with Crippen LogP contribution < -0.4 is 15.4 Å². The molecule has 3 aromatic rings. The predicted octanol–water partition coefficient (Wildman–Crippen LogP) is 2.65. The third kappa shape index (κ3) is 3.49. The van der Waals surface area contributed by atoms with Gasteiger partial charge in [-0.05, 0) is 37.8 Å². The molecule has 9 heteroatoms. The number of carbonyl (C=O) groups is 1. The Morgan fingerprint density at radius 2 is 2.31 bits per heavy atom. The summed E-state index contributed by atoms with van der Waals surface area (Å²) in [5.41, 5.74) is 0.773. The van der Waals surface area contributed by atoms with Gasteiger partial charge in [0.2, 0.25) is 5.88 Å². The van der Waals surface area contributed by atoms with Crippen molar-refractivity contribution in [2.45, 2.75) is 31.8 Å². The van der Waals surface area contributed by atoms with Gasteiger partial charge in [-0.3, -0.25) is 4.79 Å². The number of fused-ring (bicyclic) bond motifs is 1. The van der Waals surface area contributed by atoms with Crippen LogP contribution in [0.25, 0.3) is 5.65 Å². The van der Waals surface area contributed by atoms with E-state index in [2.05, 4.69) is 25.7 Å². The molecule has 0 amide bonds. The van der Waals surface area contributed by atoms with Crippen molar-refractivity contribution >= 4 is 28.8 Å². The fourth-order valence-electron chi connectivity index (χ4n) is 3.61. The molecule has 3 heterocycles. The fourth-order valence-corrected chi connectivity index (χ4v) is 3.61. The number of aromatic nitrogens is 4. The Hall–Kier alpha value is -3.20. The number of nitrogens with one attached hydrogen (secondary N) is 2. The first-order valence-electron chi connectivity index (χ1n) is 9.51. The SMILES string of the molecule is CNc1cc(Nc2cccnc2OC)nc2c(C(=O)C[C@H]3CC[C@@]3(C)O)cnn12. The number of ketones is 1. The summed E-state index contributed by atoms with van der Waals surface area (Å²) < 4.78 is 6.87. The van der Waals surface area contributed by atoms with E-state index in [-0.39, 0.29) is 18.1 Å². The largest absolute Gasteiger partial charge is 0.480 e. The first kappa shape index (κ1) is 19.1. The Kier molecular flexibility index (Phi) is 4.83. The molecule has 29 heavy (non-hydrogen) atoms. The zero-order chi connectivity index (χ0) is 20.6. The minimum absolute atomic E-state index is 0.0327. The van der Waals surface area contributed by atoms with Gasteiger partial charge in [-0.2, -0.15) is 9.61 Å². The monoisotopic (exact) mass is 396 g/mol. The maximum Gasteiger partial charge on any atom is 0.237 e. The lowest BCUT2D eigenvalue weighted by Gasteiger charge is -2.42. The number of anilines is 3. The van der Waals surface area contributed by atoms with Crippen molar-refractivity contribution in [2.75, 3.05) is 24.8 Å². The van der Waals surface area contributed by atoms with E-state index in [0.717, 1.165) is 12.8 Å². The van der Waals surface area contributed by atoms with Crippen LogP contribution in [0.4, 0.5) is 17.3 Å². The molecule has 4 rings (SSSR count). The van der Waals surface area contributed by atoms with E-state index in [1.54, 1.807) is 43.9 Å². The van der Waals surface area contributed by atoms with Crippen LogP contribution in [0.5, 0.6) is 5.88 Å². The second kappa shape index (κ2) is 7.32. The summed E-state index contributed by atoms with van der Waals surface area (Å²) in [6, 6.07) is 5.41. The third-order valence-electron chi connectivity index (χ3n) is 5.57. The van der Waals surface area contributed by atoms with Crippen LogP contribution >= 0.6 is 0 Å². The quantitative estimate of drug-likeness (QED) is 0.522. The van der Waals surface area contributed by atoms with Gasteiger partial charge in [0.25, 0.3) is 0 Å². The van der Waals surface area contributed by atoms with Crippen molar-refractivity contribution in [1.29, 1.82) is 0 Å². The third-order valence-corrected chi connectivity index (χ3v) is 5.57. The molecule has 0 bridgehead atoms. The number of methoxy groups -OCH3 is 1. The molecule has 0 spiro atoms. The molecular formula is C20H24N6O3. The number of pyridine rings is 1. The molecule has 1 fully saturated rings. The predicted molar refractivity (Wildman–Crippen MR) is 109 cm³/mol. The first-order chi connectivity index (χ1) is 13.9. The van der Waals surface area contributed by atoms with Crippen molar-refractivity contribution < 1.29 is 14.6 Å². The normalized spacial score (nSPS) is 20.9. The number of Topliss-reactive ketones (excluding diaryl/α,β-unsaturated/α-hetero) is 1. The van der Waals surface area contributed by atoms with Gasteiger partial charge in [0.05, 0.1) is 24.5 Å². The van der Waals surface area contributed by atoms with Crippen LogP contribution in [0, 0.1) is 5.92 Å². The molecule has 1 saturated carbocycles. The number of nitrogens with zero attached hydrogens (tertiary/aromatic N) is 4. The highest BCUT2D eigenvalue weighted by atomic mass is 16.5. The Balaban J connectivity index is 1.69. The number of hydrogen-bond donors (Lipinski definition) is 3. The van der Waals surface area contributed by atoms with Crippen molar-refractivity contribution in [1.82, 2.24) is 19.6 Å². The van der Waals surface area contributed by atoms with Crippen LogP contribution in [0.2, 0.25) is 0 Å². The maximum absolute atomic E-state index is 12.9. The average Bonchev–Trinajstić information content (AvgIpc) is 3.15. The molecule has 0 unspecified atom stereocenters. The molecule has 1 aliphatic carbocycles. The first-order valence-corrected chi connectivity index (χ1v) is 9.51. The number of carbonyl (C=O) groups excluding carboxylic acids is 1. The molecule has 2 atom stereocenters. The molecule has 0 radical (unpaired) electrons. The van der Waals surface area contributed by atoms with Crippen molar-refractivity contribution in [3.05, 3.63) is 36.2 Å². The zero-order valence-electron chi connectivity index (χ0n) is 16.6. The minimum Gasteiger partial charge on any atom is -0.480 e. The number of ether oxygens (including phenoxy) is 1. The Morgan fingerprint density at radius 1 is 1.48 bits per heavy atom. The Morgan fingerprint density at radius 3 is 2.97 bits per heavy atom. The van der Waals surface area contributed by atoms with Gasteiger partial charge < -0.3 is 20.5 Å². The molecule has 3 N–H and O–H groups in total. The smallest absolute Gasteiger partial charge is 0.237 e. The topological polar surface area (TPSA) is 114 Å². The molecule has 152 valence electrons. The number of hydrogen-bond acceptors (Lipinski definition) is 8. The highest BCUT2D eigenvalue weighted by Crippen LogP contribution is 2.41. The van der Waals surface area contributed by atoms with Gasteiger partial charge in [-0.25, -0.2) is 9.97 Å². The van der Waals surface area contributed by atoms with Gasteiger partial charge in [-0.1, -0.05) is 0 Å². The van der Waals surface area contributed by atoms with Crippen molar-refractivity contribution in [2.24, 2.45) is 5.92 Å². The summed E-state index contributed by atoms with van der Waals surface area (Å²) >= 11 is 0. The van der Waals surface area contributed by atoms with Gasteiger partial charge in [0.15, 0.2) is 11.4 Å². The molecule has 0 saturated heterocycles. The van der Waals surface area contributed by atoms with Crippen LogP contribution in [-0.4, -0.2) is 50.2 Å². The molecule has 0 aliphatic heterocycles. The molecule has 0 aromatic carbocycles. The lowest BCUT2D eigenvalue weighted by atomic mass is 9.68. The molecule has 3 aromatic heterocycles. The summed E-state index contributed by atoms with van der Waals surface area (Å²) in [6.45, 7) is 1.78. The highest BCUT2D eigenvalue weighted by molar-refractivity contribution is 6.01. The maximum atomic E-state index is 12.9. The van der Waals surface area contributed by atoms with Crippen molar-refractivity contribution in [3.8, 4) is 5.88 Å². The molecule has 9 nitrogen and oxygen atoms in total. The second-order valence-electron chi connectivity index (χ2n) is 7.48. The van der Waals surface area contributed by atoms with E-state index < -0.39 is 5.60 Å². The summed E-state index contributed by atoms with van der Waals surface area (Å²) in [5.74, 6) is 1.54. The van der Waals surface area contributed by atoms with Gasteiger partial charge in [0, 0.05) is 25.7 Å². The average molecular weight is 396 g/mol. The van der Waals surface area contributed by atoms with E-state index in [1.807, 2.05) is 6.07 Å². The van der Waals surface area contributed by atoms with E-state index in [4.69, 9.17) is 4.74 Å². The summed E-state index contributed by atoms with van der Waals surface area (Å²) in [5, 5.41) is 20.8. The second-order valence-corrected chi connectivity index (χ2v) is 7.48. The lowest BCUT2D eigenvalue weighted by Crippen LogP contribution is -2.45. The molecular weight excluding hydrogens is 372 g/mol. The van der Waals surface area contributed by atoms with E-state index in [9.17, 15) is 9.90 Å². The summed E-state index contributed by atoms with van der Waals surface area (Å²) in [4.78, 5) is 21.7. The fraction of sp³-hybridized carbons (Fsp3) is 0.400. The van der Waals surface area contributed by atoms with Crippen LogP contribution in [0.3, 0.4) is 0 Å². The van der Waals surface area contributed by atoms with Gasteiger partial charge in [0.1, 0.15) is 17.3 Å². The van der Waals surface area contributed by atoms with Crippen molar-refractivity contribution in [3.63, 3.8) is 0 Å². The van der Waals surface area contributed by atoms with E-state index >= 15 is 0 Å². The molecule has 1 aliphatic rings. The Labute approximate surface area is 168 Å². The van der Waals surface area contributed by atoms with Gasteiger partial charge >= 0.3 is 0 Å². The minimum atomic E-state index is -0.772. The Bertz CT molecular complexity index is 1060. The van der Waals surface area contributed by atoms with Crippen LogP contribution in [0.15, 0.2) is 30.6 Å². The highest BCUT2D eigenvalue weighted by Gasteiger charge is 2.42. The van der Waals surface area contributed by atoms with E-state index in [0.29, 0.717) is 34.4 Å². The number of rotatable bonds is 7. The summed E-state index contributed by atoms with van der Waals surface area (Å²) in [7, 11) is 3.32. The van der Waals surface area contributed by atoms with Crippen LogP contribution in [-0.2, 0) is 0 Å². The zero-order valence-corrected chi connectivity index (χ0v) is 16.6. The number of aliphatic hydroxyl groups is 1. The van der Waals surface area contributed by atoms with Crippen LogP contribution in [0.1, 0.15) is 36.5 Å². The summed E-state index contributed by atoms with van der Waals surface area (Å²) in [6.07, 6.45) is 5.03.